The maximum Gasteiger partial charge on any atom is 0.258 e. The second kappa shape index (κ2) is 11.6. The summed E-state index contributed by atoms with van der Waals surface area (Å²) in [6.07, 6.45) is 5.74. The zero-order valence-corrected chi connectivity index (χ0v) is 19.8. The average molecular weight is 480 g/mol. The van der Waals surface area contributed by atoms with E-state index in [4.69, 9.17) is 4.74 Å². The van der Waals surface area contributed by atoms with Gasteiger partial charge >= 0.3 is 0 Å². The number of hydrogen-bond acceptors (Lipinski definition) is 5. The minimum Gasteiger partial charge on any atom is -0.489 e. The lowest BCUT2D eigenvalue weighted by atomic mass is 10.1. The topological polar surface area (TPSA) is 89.8 Å². The van der Waals surface area contributed by atoms with Crippen molar-refractivity contribution in [3.8, 4) is 5.75 Å². The number of rotatable bonds is 7. The number of carbonyl (C=O) groups is 2. The van der Waals surface area contributed by atoms with Crippen LogP contribution >= 0.6 is 0 Å². The highest BCUT2D eigenvalue weighted by Crippen LogP contribution is 2.32. The van der Waals surface area contributed by atoms with Crippen LogP contribution in [0.4, 0.5) is 5.69 Å². The molecule has 0 atom stereocenters. The number of ether oxygens (including phenoxy) is 1. The summed E-state index contributed by atoms with van der Waals surface area (Å²) in [7, 11) is 0. The van der Waals surface area contributed by atoms with Crippen LogP contribution in [0.15, 0.2) is 96.1 Å². The minimum absolute atomic E-state index is 0.355. The first-order valence-corrected chi connectivity index (χ1v) is 11.6. The van der Waals surface area contributed by atoms with E-state index in [9.17, 15) is 14.4 Å². The van der Waals surface area contributed by atoms with Crippen LogP contribution in [0.3, 0.4) is 0 Å². The van der Waals surface area contributed by atoms with Crippen LogP contribution in [0, 0.1) is 0 Å². The molecule has 0 saturated heterocycles. The summed E-state index contributed by atoms with van der Waals surface area (Å²) < 4.78 is 8.05. The third kappa shape index (κ3) is 5.84. The number of amides is 2. The second-order valence-electron chi connectivity index (χ2n) is 8.10. The van der Waals surface area contributed by atoms with Gasteiger partial charge in [-0.15, -0.1) is 0 Å². The largest absolute Gasteiger partial charge is 0.489 e. The maximum absolute atomic E-state index is 12.2. The molecule has 180 valence electrons. The van der Waals surface area contributed by atoms with Gasteiger partial charge in [0.15, 0.2) is 0 Å². The fourth-order valence-corrected chi connectivity index (χ4v) is 3.91. The Morgan fingerprint density at radius 2 is 1.69 bits per heavy atom. The predicted octanol–water partition coefficient (Wildman–Crippen LogP) is 5.32. The highest BCUT2D eigenvalue weighted by atomic mass is 16.5. The minimum atomic E-state index is -0.372. The molecule has 7 nitrogen and oxygen atoms in total. The first-order chi connectivity index (χ1) is 17.6. The smallest absolute Gasteiger partial charge is 0.258 e. The number of nitrogens with zero attached hydrogens (tertiary/aromatic N) is 2. The van der Waals surface area contributed by atoms with Crippen molar-refractivity contribution in [2.45, 2.75) is 26.5 Å². The third-order valence-electron chi connectivity index (χ3n) is 5.54. The highest BCUT2D eigenvalue weighted by Gasteiger charge is 2.25. The molecule has 36 heavy (non-hydrogen) atoms. The van der Waals surface area contributed by atoms with E-state index in [0.717, 1.165) is 40.7 Å². The van der Waals surface area contributed by atoms with Gasteiger partial charge in [0.1, 0.15) is 12.4 Å². The van der Waals surface area contributed by atoms with Crippen LogP contribution in [0.5, 0.6) is 5.75 Å². The molecule has 4 aromatic rings. The summed E-state index contributed by atoms with van der Waals surface area (Å²) in [5.41, 5.74) is 3.91. The van der Waals surface area contributed by atoms with Crippen molar-refractivity contribution in [2.75, 3.05) is 0 Å². The summed E-state index contributed by atoms with van der Waals surface area (Å²) in [4.78, 5) is 36.8. The van der Waals surface area contributed by atoms with E-state index in [1.807, 2.05) is 72.9 Å². The first kappa shape index (κ1) is 24.4. The number of imide groups is 1. The van der Waals surface area contributed by atoms with Crippen LogP contribution in [0.1, 0.15) is 24.5 Å². The van der Waals surface area contributed by atoms with Gasteiger partial charge in [-0.3, -0.25) is 14.9 Å². The first-order valence-electron chi connectivity index (χ1n) is 11.6. The third-order valence-corrected chi connectivity index (χ3v) is 5.54. The molecular weight excluding hydrogens is 454 g/mol. The molecule has 0 saturated carbocycles. The number of carbonyl (C=O) groups excluding carboxylic acids is 3. The van der Waals surface area contributed by atoms with Gasteiger partial charge in [-0.2, -0.15) is 4.99 Å². The Hall–Kier alpha value is -4.74. The molecule has 0 aliphatic carbocycles. The van der Waals surface area contributed by atoms with Gasteiger partial charge in [-0.05, 0) is 42.3 Å². The Balaban J connectivity index is 0.000000286. The zero-order chi connectivity index (χ0) is 25.3. The number of isocyanates is 1. The Morgan fingerprint density at radius 3 is 2.33 bits per heavy atom. The lowest BCUT2D eigenvalue weighted by Crippen LogP contribution is -2.21. The van der Waals surface area contributed by atoms with Gasteiger partial charge in [0.05, 0.1) is 11.3 Å². The summed E-state index contributed by atoms with van der Waals surface area (Å²) >= 11 is 0. The van der Waals surface area contributed by atoms with Gasteiger partial charge < -0.3 is 9.30 Å². The van der Waals surface area contributed by atoms with Crippen molar-refractivity contribution < 1.29 is 19.1 Å². The quantitative estimate of drug-likeness (QED) is 0.221. The van der Waals surface area contributed by atoms with Gasteiger partial charge in [-0.1, -0.05) is 55.5 Å². The van der Waals surface area contributed by atoms with Gasteiger partial charge in [0.25, 0.3) is 11.8 Å². The molecule has 0 fully saturated rings. The molecule has 1 aromatic heterocycles. The summed E-state index contributed by atoms with van der Waals surface area (Å²) in [6.45, 7) is 3.41. The fourth-order valence-electron chi connectivity index (χ4n) is 3.91. The summed E-state index contributed by atoms with van der Waals surface area (Å²) in [6, 6.07) is 24.8. The average Bonchev–Trinajstić information content (AvgIpc) is 3.43. The Morgan fingerprint density at radius 1 is 0.972 bits per heavy atom. The summed E-state index contributed by atoms with van der Waals surface area (Å²) in [5, 5.41) is 3.23. The van der Waals surface area contributed by atoms with E-state index in [1.165, 1.54) is 12.2 Å². The number of aromatic nitrogens is 1. The molecule has 0 bridgehead atoms. The van der Waals surface area contributed by atoms with E-state index in [0.29, 0.717) is 17.9 Å². The van der Waals surface area contributed by atoms with E-state index in [2.05, 4.69) is 21.8 Å². The fraction of sp³-hybridized carbons (Fsp3) is 0.138. The van der Waals surface area contributed by atoms with E-state index in [1.54, 1.807) is 12.1 Å². The number of aliphatic imine (C=N–C) groups is 1. The number of para-hydroxylation sites is 1. The number of fused-ring (bicyclic) bond motifs is 1. The van der Waals surface area contributed by atoms with Gasteiger partial charge in [0.2, 0.25) is 6.08 Å². The molecule has 1 N–H and O–H groups in total. The van der Waals surface area contributed by atoms with Crippen molar-refractivity contribution in [2.24, 2.45) is 4.99 Å². The molecule has 2 amide bonds. The molecule has 0 unspecified atom stereocenters. The maximum atomic E-state index is 12.2. The van der Waals surface area contributed by atoms with E-state index >= 15 is 0 Å². The number of aryl methyl sites for hydroxylation is 1. The van der Waals surface area contributed by atoms with Crippen molar-refractivity contribution in [3.63, 3.8) is 0 Å². The molecule has 1 aliphatic heterocycles. The van der Waals surface area contributed by atoms with Crippen LogP contribution in [-0.4, -0.2) is 22.5 Å². The van der Waals surface area contributed by atoms with E-state index < -0.39 is 0 Å². The second-order valence-corrected chi connectivity index (χ2v) is 8.10. The monoisotopic (exact) mass is 479 g/mol. The lowest BCUT2D eigenvalue weighted by molar-refractivity contribution is -0.123. The standard InChI is InChI=1S/C22H20N2O3.C7H5NO/c1-2-10-24-13-19(18-12-21(25)23-22(18)26)17-11-16(8-9-20(17)24)27-14-15-6-4-3-5-7-15;9-6-8-7-4-2-1-3-5-7/h3-9,11-13H,2,10,14H2,1H3,(H,23,25,26);1-5H. The number of hydrogen-bond donors (Lipinski definition) is 1. The predicted molar refractivity (Wildman–Crippen MR) is 138 cm³/mol. The van der Waals surface area contributed by atoms with E-state index in [-0.39, 0.29) is 11.8 Å². The zero-order valence-electron chi connectivity index (χ0n) is 19.8. The number of nitrogens with one attached hydrogen (secondary N) is 1. The Labute approximate surface area is 208 Å². The van der Waals surface area contributed by atoms with Crippen LogP contribution in [0.2, 0.25) is 0 Å². The molecule has 1 aliphatic rings. The van der Waals surface area contributed by atoms with Crippen molar-refractivity contribution >= 4 is 40.1 Å². The lowest BCUT2D eigenvalue weighted by Gasteiger charge is -2.08. The van der Waals surface area contributed by atoms with Gasteiger partial charge in [-0.25, -0.2) is 4.79 Å². The van der Waals surface area contributed by atoms with Crippen LogP contribution in [0.25, 0.3) is 16.5 Å². The van der Waals surface area contributed by atoms with Crippen molar-refractivity contribution in [3.05, 3.63) is 102 Å². The molecule has 0 radical (unpaired) electrons. The molecule has 5 rings (SSSR count). The van der Waals surface area contributed by atoms with Crippen LogP contribution < -0.4 is 10.1 Å². The molecule has 7 heteroatoms. The molecule has 2 heterocycles. The molecular formula is C29H25N3O4. The summed E-state index contributed by atoms with van der Waals surface area (Å²) in [5.74, 6) is 0.00112. The Kier molecular flexibility index (Phi) is 7.86. The van der Waals surface area contributed by atoms with Gasteiger partial charge in [0, 0.05) is 35.3 Å². The van der Waals surface area contributed by atoms with Crippen LogP contribution in [-0.2, 0) is 27.5 Å². The Bertz CT molecular complexity index is 1450. The normalized spacial score (nSPS) is 12.3. The number of benzene rings is 3. The molecule has 3 aromatic carbocycles. The SMILES string of the molecule is CCCn1cc(C2=CC(=O)NC2=O)c2cc(OCc3ccccc3)ccc21.O=C=Nc1ccccc1. The van der Waals surface area contributed by atoms with Crippen molar-refractivity contribution in [1.29, 1.82) is 0 Å². The molecule has 0 spiro atoms. The van der Waals surface area contributed by atoms with Crippen molar-refractivity contribution in [1.82, 2.24) is 9.88 Å². The highest BCUT2D eigenvalue weighted by molar-refractivity contribution is 6.35.